The molecule has 2 heterocycles. The maximum absolute atomic E-state index is 13.1. The van der Waals surface area contributed by atoms with Gasteiger partial charge in [0, 0.05) is 47.8 Å². The quantitative estimate of drug-likeness (QED) is 0.513. The lowest BCUT2D eigenvalue weighted by Crippen LogP contribution is -2.38. The average molecular weight is 471 g/mol. The van der Waals surface area contributed by atoms with Gasteiger partial charge in [-0.3, -0.25) is 19.2 Å². The number of aromatic amines is 1. The number of nitrogens with zero attached hydrogens (tertiary/aromatic N) is 1. The summed E-state index contributed by atoms with van der Waals surface area (Å²) in [5, 5.41) is 3.32. The number of carbonyl (C=O) groups excluding carboxylic acids is 1. The van der Waals surface area contributed by atoms with Crippen molar-refractivity contribution in [1.82, 2.24) is 15.2 Å². The zero-order valence-electron chi connectivity index (χ0n) is 17.7. The van der Waals surface area contributed by atoms with Gasteiger partial charge in [-0.15, -0.1) is 0 Å². The summed E-state index contributed by atoms with van der Waals surface area (Å²) in [6, 6.07) is 10.9. The van der Waals surface area contributed by atoms with Crippen molar-refractivity contribution in [1.29, 1.82) is 0 Å². The van der Waals surface area contributed by atoms with E-state index in [9.17, 15) is 22.4 Å². The minimum absolute atomic E-state index is 0.0144. The second kappa shape index (κ2) is 8.27. The first-order valence-corrected chi connectivity index (χ1v) is 12.3. The van der Waals surface area contributed by atoms with Gasteiger partial charge in [0.05, 0.1) is 10.5 Å². The number of benzene rings is 2. The van der Waals surface area contributed by atoms with Crippen molar-refractivity contribution < 1.29 is 17.6 Å². The lowest BCUT2D eigenvalue weighted by Gasteiger charge is -2.16. The van der Waals surface area contributed by atoms with Crippen LogP contribution in [0.2, 0.25) is 0 Å². The summed E-state index contributed by atoms with van der Waals surface area (Å²) in [4.78, 5) is 30.1. The average Bonchev–Trinajstić information content (AvgIpc) is 3.53. The van der Waals surface area contributed by atoms with Gasteiger partial charge >= 0.3 is 0 Å². The van der Waals surface area contributed by atoms with Gasteiger partial charge in [-0.05, 0) is 61.7 Å². The molecule has 172 valence electrons. The van der Waals surface area contributed by atoms with E-state index < -0.39 is 27.3 Å². The third-order valence-electron chi connectivity index (χ3n) is 6.08. The molecule has 3 aromatic rings. The van der Waals surface area contributed by atoms with Gasteiger partial charge in [-0.25, -0.2) is 12.8 Å². The number of carbonyl (C=O) groups is 1. The summed E-state index contributed by atoms with van der Waals surface area (Å²) in [6.07, 6.45) is 3.23. The van der Waals surface area contributed by atoms with E-state index in [1.54, 1.807) is 0 Å². The number of hydrogen-bond donors (Lipinski definition) is 3. The summed E-state index contributed by atoms with van der Waals surface area (Å²) in [5.41, 5.74) is 0.243. The molecule has 1 unspecified atom stereocenters. The molecule has 0 bridgehead atoms. The highest BCUT2D eigenvalue weighted by Crippen LogP contribution is 2.30. The summed E-state index contributed by atoms with van der Waals surface area (Å²) in [6.45, 7) is 1.71. The Morgan fingerprint density at radius 2 is 1.82 bits per heavy atom. The smallest absolute Gasteiger partial charge is 0.261 e. The van der Waals surface area contributed by atoms with E-state index in [1.807, 2.05) is 0 Å². The molecule has 1 saturated heterocycles. The maximum Gasteiger partial charge on any atom is 0.261 e. The highest BCUT2D eigenvalue weighted by Gasteiger charge is 2.35. The number of anilines is 1. The van der Waals surface area contributed by atoms with E-state index in [0.29, 0.717) is 16.9 Å². The number of fused-ring (bicyclic) bond motifs is 1. The molecule has 2 aromatic carbocycles. The second-order valence-electron chi connectivity index (χ2n) is 8.55. The normalized spacial score (nSPS) is 19.0. The fourth-order valence-corrected chi connectivity index (χ4v) is 5.34. The standard InChI is InChI=1S/C23H23FN4O4S/c24-14-1-3-15(4-2-14)27-33(31,32)18-7-8-21-19(11-18)20(12-22(29)26-21)23(30)25-16-9-10-28(13-16)17-5-6-17/h1-4,7-8,11-12,16-17,27H,5-6,9-10,13H2,(H,25,30)(H,26,29). The number of likely N-dealkylation sites (tertiary alicyclic amines) is 1. The number of pyridine rings is 1. The molecular formula is C23H23FN4O4S. The van der Waals surface area contributed by atoms with Gasteiger partial charge < -0.3 is 10.3 Å². The molecule has 1 saturated carbocycles. The third-order valence-corrected chi connectivity index (χ3v) is 7.46. The lowest BCUT2D eigenvalue weighted by molar-refractivity contribution is 0.0939. The molecule has 0 spiro atoms. The van der Waals surface area contributed by atoms with Crippen molar-refractivity contribution in [2.24, 2.45) is 0 Å². The Kier molecular flexibility index (Phi) is 5.41. The van der Waals surface area contributed by atoms with Crippen LogP contribution >= 0.6 is 0 Å². The fourth-order valence-electron chi connectivity index (χ4n) is 4.26. The molecule has 2 aliphatic rings. The minimum Gasteiger partial charge on any atom is -0.348 e. The molecule has 5 rings (SSSR count). The number of aromatic nitrogens is 1. The minimum atomic E-state index is -4.01. The first kappa shape index (κ1) is 21.6. The molecule has 2 fully saturated rings. The van der Waals surface area contributed by atoms with Crippen molar-refractivity contribution in [2.45, 2.75) is 36.2 Å². The van der Waals surface area contributed by atoms with Crippen LogP contribution in [-0.2, 0) is 10.0 Å². The topological polar surface area (TPSA) is 111 Å². The number of nitrogens with one attached hydrogen (secondary N) is 3. The van der Waals surface area contributed by atoms with Crippen LogP contribution < -0.4 is 15.6 Å². The molecule has 8 nitrogen and oxygen atoms in total. The molecule has 33 heavy (non-hydrogen) atoms. The zero-order valence-corrected chi connectivity index (χ0v) is 18.5. The van der Waals surface area contributed by atoms with Crippen molar-refractivity contribution in [3.63, 3.8) is 0 Å². The molecule has 3 N–H and O–H groups in total. The third kappa shape index (κ3) is 4.62. The Hall–Kier alpha value is -3.24. The molecule has 1 atom stereocenters. The lowest BCUT2D eigenvalue weighted by atomic mass is 10.1. The van der Waals surface area contributed by atoms with E-state index in [1.165, 1.54) is 49.2 Å². The number of amides is 1. The van der Waals surface area contributed by atoms with Crippen LogP contribution in [-0.4, -0.2) is 49.4 Å². The molecular weight excluding hydrogens is 447 g/mol. The van der Waals surface area contributed by atoms with Crippen LogP contribution in [0.3, 0.4) is 0 Å². The van der Waals surface area contributed by atoms with Gasteiger partial charge in [0.15, 0.2) is 0 Å². The maximum atomic E-state index is 13.1. The SMILES string of the molecule is O=C(NC1CCN(C2CC2)C1)c1cc(=O)[nH]c2ccc(S(=O)(=O)Nc3ccc(F)cc3)cc12. The number of H-pyrrole nitrogens is 1. The van der Waals surface area contributed by atoms with Crippen LogP contribution in [0.25, 0.3) is 10.9 Å². The predicted molar refractivity (Wildman–Crippen MR) is 122 cm³/mol. The Morgan fingerprint density at radius 3 is 2.55 bits per heavy atom. The number of rotatable bonds is 6. The fraction of sp³-hybridized carbons (Fsp3) is 0.304. The van der Waals surface area contributed by atoms with Crippen LogP contribution in [0.15, 0.2) is 58.2 Å². The molecule has 1 aromatic heterocycles. The Labute approximate surface area is 189 Å². The molecule has 1 amide bonds. The highest BCUT2D eigenvalue weighted by atomic mass is 32.2. The van der Waals surface area contributed by atoms with Crippen molar-refractivity contribution in [3.8, 4) is 0 Å². The van der Waals surface area contributed by atoms with E-state index in [-0.39, 0.29) is 22.2 Å². The predicted octanol–water partition coefficient (Wildman–Crippen LogP) is 2.43. The molecule has 10 heteroatoms. The Bertz CT molecular complexity index is 1380. The molecule has 1 aliphatic heterocycles. The number of hydrogen-bond acceptors (Lipinski definition) is 5. The molecule has 1 aliphatic carbocycles. The summed E-state index contributed by atoms with van der Waals surface area (Å²) < 4.78 is 41.3. The first-order valence-electron chi connectivity index (χ1n) is 10.8. The number of halogens is 1. The summed E-state index contributed by atoms with van der Waals surface area (Å²) in [7, 11) is -4.01. The van der Waals surface area contributed by atoms with Crippen LogP contribution in [0.5, 0.6) is 0 Å². The second-order valence-corrected chi connectivity index (χ2v) is 10.2. The zero-order chi connectivity index (χ0) is 23.2. The first-order chi connectivity index (χ1) is 15.8. The van der Waals surface area contributed by atoms with Crippen LogP contribution in [0.4, 0.5) is 10.1 Å². The monoisotopic (exact) mass is 470 g/mol. The van der Waals surface area contributed by atoms with E-state index >= 15 is 0 Å². The van der Waals surface area contributed by atoms with E-state index in [2.05, 4.69) is 19.9 Å². The highest BCUT2D eigenvalue weighted by molar-refractivity contribution is 7.92. The van der Waals surface area contributed by atoms with Crippen LogP contribution in [0, 0.1) is 5.82 Å². The summed E-state index contributed by atoms with van der Waals surface area (Å²) >= 11 is 0. The van der Waals surface area contributed by atoms with E-state index in [4.69, 9.17) is 0 Å². The van der Waals surface area contributed by atoms with Gasteiger partial charge in [0.2, 0.25) is 5.56 Å². The molecule has 0 radical (unpaired) electrons. The van der Waals surface area contributed by atoms with Crippen molar-refractivity contribution in [2.75, 3.05) is 17.8 Å². The van der Waals surface area contributed by atoms with E-state index in [0.717, 1.165) is 31.6 Å². The van der Waals surface area contributed by atoms with Gasteiger partial charge in [-0.2, -0.15) is 0 Å². The van der Waals surface area contributed by atoms with Gasteiger partial charge in [0.25, 0.3) is 15.9 Å². The van der Waals surface area contributed by atoms with Crippen molar-refractivity contribution >= 4 is 32.5 Å². The van der Waals surface area contributed by atoms with Gasteiger partial charge in [-0.1, -0.05) is 0 Å². The van der Waals surface area contributed by atoms with Gasteiger partial charge in [0.1, 0.15) is 5.82 Å². The number of sulfonamides is 1. The Morgan fingerprint density at radius 1 is 1.06 bits per heavy atom. The van der Waals surface area contributed by atoms with Crippen LogP contribution in [0.1, 0.15) is 29.6 Å². The summed E-state index contributed by atoms with van der Waals surface area (Å²) in [5.74, 6) is -0.888. The largest absolute Gasteiger partial charge is 0.348 e. The van der Waals surface area contributed by atoms with Crippen molar-refractivity contribution in [3.05, 3.63) is 70.3 Å². The Balaban J connectivity index is 1.43.